The van der Waals surface area contributed by atoms with Crippen molar-refractivity contribution in [2.45, 2.75) is 71.4 Å². The first-order valence-electron chi connectivity index (χ1n) is 8.20. The smallest absolute Gasteiger partial charge is 0.471 e. The molecule has 0 spiro atoms. The van der Waals surface area contributed by atoms with Gasteiger partial charge in [-0.05, 0) is 41.5 Å². The highest BCUT2D eigenvalue weighted by Gasteiger charge is 2.66. The van der Waals surface area contributed by atoms with E-state index < -0.39 is 47.7 Å². The lowest BCUT2D eigenvalue weighted by Gasteiger charge is -2.32. The molecule has 0 aromatic carbocycles. The van der Waals surface area contributed by atoms with Gasteiger partial charge in [-0.3, -0.25) is 0 Å². The van der Waals surface area contributed by atoms with Gasteiger partial charge < -0.3 is 18.8 Å². The van der Waals surface area contributed by atoms with Crippen LogP contribution in [0.25, 0.3) is 0 Å². The first kappa shape index (κ1) is 20.1. The van der Waals surface area contributed by atoms with E-state index in [0.29, 0.717) is 0 Å². The van der Waals surface area contributed by atoms with Gasteiger partial charge in [0, 0.05) is 11.4 Å². The average Bonchev–Trinajstić information content (AvgIpc) is 2.82. The van der Waals surface area contributed by atoms with Crippen molar-refractivity contribution in [1.29, 1.82) is 0 Å². The standard InChI is InChI=1S/C16H24BF3O5/c1-8-22-12(21)11-10(9(2)15(7,23-11)16(18,19)20)17-24-13(3,4)14(5,6)25-17/h9H,8H2,1-7H3. The summed E-state index contributed by atoms with van der Waals surface area (Å²) in [7, 11) is -1.12. The molecule has 25 heavy (non-hydrogen) atoms. The highest BCUT2D eigenvalue weighted by molar-refractivity contribution is 6.55. The SMILES string of the molecule is CCOC(=O)C1=C(B2OC(C)(C)C(C)(C)O2)C(C)C(C)(C(F)(F)F)O1. The van der Waals surface area contributed by atoms with Gasteiger partial charge >= 0.3 is 19.3 Å². The van der Waals surface area contributed by atoms with Gasteiger partial charge in [-0.1, -0.05) is 6.92 Å². The topological polar surface area (TPSA) is 54.0 Å². The summed E-state index contributed by atoms with van der Waals surface area (Å²) in [6.45, 7) is 11.0. The molecule has 9 heteroatoms. The van der Waals surface area contributed by atoms with Gasteiger partial charge in [0.2, 0.25) is 11.4 Å². The Hall–Kier alpha value is -1.22. The van der Waals surface area contributed by atoms with Gasteiger partial charge in [-0.25, -0.2) is 4.79 Å². The minimum absolute atomic E-state index is 0.0133. The molecule has 2 unspecified atom stereocenters. The summed E-state index contributed by atoms with van der Waals surface area (Å²) in [5, 5.41) is 0. The van der Waals surface area contributed by atoms with Crippen LogP contribution in [0.1, 0.15) is 48.5 Å². The van der Waals surface area contributed by atoms with E-state index >= 15 is 0 Å². The van der Waals surface area contributed by atoms with Crippen LogP contribution < -0.4 is 0 Å². The fourth-order valence-corrected chi connectivity index (χ4v) is 2.79. The van der Waals surface area contributed by atoms with Crippen LogP contribution >= 0.6 is 0 Å². The zero-order chi connectivity index (χ0) is 19.4. The van der Waals surface area contributed by atoms with Gasteiger partial charge in [-0.15, -0.1) is 0 Å². The van der Waals surface area contributed by atoms with E-state index in [9.17, 15) is 18.0 Å². The number of carbonyl (C=O) groups is 1. The third kappa shape index (κ3) is 3.05. The van der Waals surface area contributed by atoms with E-state index in [0.717, 1.165) is 6.92 Å². The number of hydrogen-bond acceptors (Lipinski definition) is 5. The molecule has 5 nitrogen and oxygen atoms in total. The summed E-state index contributed by atoms with van der Waals surface area (Å²) >= 11 is 0. The molecule has 0 bridgehead atoms. The Labute approximate surface area is 146 Å². The van der Waals surface area contributed by atoms with Crippen molar-refractivity contribution in [2.24, 2.45) is 5.92 Å². The summed E-state index contributed by atoms with van der Waals surface area (Å²) in [6, 6.07) is 0. The van der Waals surface area contributed by atoms with Crippen LogP contribution in [-0.2, 0) is 23.6 Å². The highest BCUT2D eigenvalue weighted by Crippen LogP contribution is 2.52. The van der Waals surface area contributed by atoms with Gasteiger partial charge in [0.15, 0.2) is 0 Å². The third-order valence-electron chi connectivity index (χ3n) is 5.40. The van der Waals surface area contributed by atoms with Crippen molar-refractivity contribution in [3.05, 3.63) is 11.2 Å². The number of esters is 1. The number of ether oxygens (including phenoxy) is 2. The van der Waals surface area contributed by atoms with Crippen LogP contribution in [-0.4, -0.2) is 42.7 Å². The van der Waals surface area contributed by atoms with Gasteiger partial charge in [0.1, 0.15) is 0 Å². The first-order chi connectivity index (χ1) is 11.2. The molecule has 0 amide bonds. The van der Waals surface area contributed by atoms with Crippen molar-refractivity contribution in [3.63, 3.8) is 0 Å². The molecule has 0 radical (unpaired) electrons. The molecule has 142 valence electrons. The highest BCUT2D eigenvalue weighted by atomic mass is 19.4. The number of rotatable bonds is 3. The molecule has 1 fully saturated rings. The Morgan fingerprint density at radius 1 is 1.16 bits per heavy atom. The molecular formula is C16H24BF3O5. The van der Waals surface area contributed by atoms with Crippen molar-refractivity contribution in [3.8, 4) is 0 Å². The molecule has 1 saturated heterocycles. The maximum Gasteiger partial charge on any atom is 0.495 e. The fourth-order valence-electron chi connectivity index (χ4n) is 2.79. The van der Waals surface area contributed by atoms with E-state index in [-0.39, 0.29) is 12.1 Å². The fraction of sp³-hybridized carbons (Fsp3) is 0.812. The molecule has 0 saturated carbocycles. The van der Waals surface area contributed by atoms with Crippen molar-refractivity contribution < 1.29 is 36.7 Å². The van der Waals surface area contributed by atoms with E-state index in [2.05, 4.69) is 0 Å². The number of alkyl halides is 3. The molecule has 2 aliphatic rings. The van der Waals surface area contributed by atoms with Crippen LogP contribution in [0.2, 0.25) is 0 Å². The van der Waals surface area contributed by atoms with Crippen molar-refractivity contribution >= 4 is 13.1 Å². The molecule has 0 aliphatic carbocycles. The van der Waals surface area contributed by atoms with E-state index in [4.69, 9.17) is 18.8 Å². The van der Waals surface area contributed by atoms with Gasteiger partial charge in [0.05, 0.1) is 17.8 Å². The summed E-state index contributed by atoms with van der Waals surface area (Å²) in [4.78, 5) is 12.2. The molecular weight excluding hydrogens is 340 g/mol. The Balaban J connectivity index is 2.49. The van der Waals surface area contributed by atoms with Gasteiger partial charge in [0.25, 0.3) is 0 Å². The van der Waals surface area contributed by atoms with Crippen LogP contribution in [0.4, 0.5) is 13.2 Å². The second kappa shape index (κ2) is 5.91. The minimum atomic E-state index is -4.68. The Kier molecular flexibility index (Phi) is 4.75. The number of halogens is 3. The van der Waals surface area contributed by atoms with Crippen molar-refractivity contribution in [1.82, 2.24) is 0 Å². The molecule has 2 rings (SSSR count). The second-order valence-electron chi connectivity index (χ2n) is 7.52. The molecule has 0 aromatic heterocycles. The lowest BCUT2D eigenvalue weighted by molar-refractivity contribution is -0.263. The maximum absolute atomic E-state index is 13.6. The molecule has 0 N–H and O–H groups in total. The number of carbonyl (C=O) groups excluding carboxylic acids is 1. The molecule has 2 heterocycles. The second-order valence-corrected chi connectivity index (χ2v) is 7.52. The largest absolute Gasteiger partial charge is 0.495 e. The van der Waals surface area contributed by atoms with Crippen LogP contribution in [0.5, 0.6) is 0 Å². The molecule has 0 aromatic rings. The Morgan fingerprint density at radius 3 is 2.04 bits per heavy atom. The molecule has 2 atom stereocenters. The summed E-state index contributed by atoms with van der Waals surface area (Å²) in [6.07, 6.45) is -4.68. The quantitative estimate of drug-likeness (QED) is 0.567. The Morgan fingerprint density at radius 2 is 1.64 bits per heavy atom. The van der Waals surface area contributed by atoms with E-state index in [1.54, 1.807) is 34.6 Å². The monoisotopic (exact) mass is 364 g/mol. The summed E-state index contributed by atoms with van der Waals surface area (Å²) < 4.78 is 62.5. The summed E-state index contributed by atoms with van der Waals surface area (Å²) in [5.41, 5.74) is -4.06. The average molecular weight is 364 g/mol. The predicted molar refractivity (Wildman–Crippen MR) is 84.5 cm³/mol. The summed E-state index contributed by atoms with van der Waals surface area (Å²) in [5.74, 6) is -2.61. The minimum Gasteiger partial charge on any atom is -0.471 e. The predicted octanol–water partition coefficient (Wildman–Crippen LogP) is 3.42. The lowest BCUT2D eigenvalue weighted by atomic mass is 9.67. The van der Waals surface area contributed by atoms with E-state index in [1.807, 2.05) is 0 Å². The molecule has 2 aliphatic heterocycles. The lowest BCUT2D eigenvalue weighted by Crippen LogP contribution is -2.48. The Bertz CT molecular complexity index is 583. The van der Waals surface area contributed by atoms with Crippen LogP contribution in [0, 0.1) is 5.92 Å². The number of hydrogen-bond donors (Lipinski definition) is 0. The maximum atomic E-state index is 13.6. The normalized spacial score (nSPS) is 31.3. The van der Waals surface area contributed by atoms with Crippen LogP contribution in [0.3, 0.4) is 0 Å². The third-order valence-corrected chi connectivity index (χ3v) is 5.40. The zero-order valence-electron chi connectivity index (χ0n) is 15.5. The first-order valence-corrected chi connectivity index (χ1v) is 8.20. The van der Waals surface area contributed by atoms with Crippen LogP contribution in [0.15, 0.2) is 11.2 Å². The van der Waals surface area contributed by atoms with Crippen molar-refractivity contribution in [2.75, 3.05) is 6.61 Å². The zero-order valence-corrected chi connectivity index (χ0v) is 15.5. The van der Waals surface area contributed by atoms with Gasteiger partial charge in [-0.2, -0.15) is 13.2 Å². The van der Waals surface area contributed by atoms with E-state index in [1.165, 1.54) is 6.92 Å².